The van der Waals surface area contributed by atoms with Crippen molar-refractivity contribution in [2.24, 2.45) is 5.41 Å². The van der Waals surface area contributed by atoms with Crippen LogP contribution in [0, 0.1) is 11.2 Å². The van der Waals surface area contributed by atoms with Crippen LogP contribution < -0.4 is 5.32 Å². The van der Waals surface area contributed by atoms with Crippen molar-refractivity contribution in [2.75, 3.05) is 6.54 Å². The number of hydrogen-bond donors (Lipinski definition) is 2. The molecule has 0 radical (unpaired) electrons. The van der Waals surface area contributed by atoms with Crippen molar-refractivity contribution in [1.82, 2.24) is 5.32 Å². The van der Waals surface area contributed by atoms with Crippen LogP contribution in [0.3, 0.4) is 0 Å². The Hall–Kier alpha value is -2.12. The lowest BCUT2D eigenvalue weighted by molar-refractivity contribution is -0.143. The Labute approximate surface area is 116 Å². The third-order valence-corrected chi connectivity index (χ3v) is 3.43. The van der Waals surface area contributed by atoms with Gasteiger partial charge in [0.05, 0.1) is 16.5 Å². The molecule has 0 spiro atoms. The standard InChI is InChI=1S/C13H11F4NO3/c14-9-2-1-7(13(15,16)17)5-8(9)10(19)18-6-12(3-4-12)11(20)21/h1-2,5H,3-4,6H2,(H,18,19)(H,20,21). The van der Waals surface area contributed by atoms with Gasteiger partial charge in [-0.2, -0.15) is 13.2 Å². The molecule has 0 saturated heterocycles. The molecule has 1 aromatic carbocycles. The Bertz CT molecular complexity index is 594. The molecular formula is C13H11F4NO3. The predicted octanol–water partition coefficient (Wildman–Crippen LogP) is 2.44. The average Bonchev–Trinajstić information content (AvgIpc) is 3.16. The summed E-state index contributed by atoms with van der Waals surface area (Å²) in [5.74, 6) is -3.25. The highest BCUT2D eigenvalue weighted by Crippen LogP contribution is 2.45. The molecule has 2 rings (SSSR count). The van der Waals surface area contributed by atoms with Crippen LogP contribution in [-0.2, 0) is 11.0 Å². The van der Waals surface area contributed by atoms with Crippen molar-refractivity contribution in [1.29, 1.82) is 0 Å². The number of carbonyl (C=O) groups is 2. The fraction of sp³-hybridized carbons (Fsp3) is 0.385. The van der Waals surface area contributed by atoms with Crippen LogP contribution in [0.25, 0.3) is 0 Å². The minimum atomic E-state index is -4.69. The zero-order valence-electron chi connectivity index (χ0n) is 10.6. The number of carboxylic acid groups (broad SMARTS) is 1. The van der Waals surface area contributed by atoms with Gasteiger partial charge in [0.1, 0.15) is 5.82 Å². The van der Waals surface area contributed by atoms with E-state index in [4.69, 9.17) is 5.11 Å². The molecule has 1 amide bonds. The molecule has 1 fully saturated rings. The predicted molar refractivity (Wildman–Crippen MR) is 63.0 cm³/mol. The third kappa shape index (κ3) is 3.14. The second-order valence-corrected chi connectivity index (χ2v) is 4.96. The minimum absolute atomic E-state index is 0.239. The van der Waals surface area contributed by atoms with Gasteiger partial charge in [-0.1, -0.05) is 0 Å². The van der Waals surface area contributed by atoms with Crippen LogP contribution in [0.2, 0.25) is 0 Å². The minimum Gasteiger partial charge on any atom is -0.481 e. The molecule has 1 aliphatic carbocycles. The van der Waals surface area contributed by atoms with Crippen LogP contribution in [0.1, 0.15) is 28.8 Å². The maximum atomic E-state index is 13.5. The second-order valence-electron chi connectivity index (χ2n) is 4.96. The monoisotopic (exact) mass is 305 g/mol. The van der Waals surface area contributed by atoms with E-state index in [0.29, 0.717) is 31.0 Å². The van der Waals surface area contributed by atoms with Crippen LogP contribution in [0.15, 0.2) is 18.2 Å². The van der Waals surface area contributed by atoms with E-state index in [0.717, 1.165) is 0 Å². The van der Waals surface area contributed by atoms with Gasteiger partial charge in [0.2, 0.25) is 0 Å². The van der Waals surface area contributed by atoms with E-state index in [1.54, 1.807) is 0 Å². The van der Waals surface area contributed by atoms with E-state index in [-0.39, 0.29) is 6.54 Å². The van der Waals surface area contributed by atoms with Gasteiger partial charge in [0.15, 0.2) is 0 Å². The number of aliphatic carboxylic acids is 1. The number of carboxylic acids is 1. The molecule has 114 valence electrons. The summed E-state index contributed by atoms with van der Waals surface area (Å²) in [5, 5.41) is 11.1. The summed E-state index contributed by atoms with van der Waals surface area (Å²) >= 11 is 0. The molecular weight excluding hydrogens is 294 g/mol. The van der Waals surface area contributed by atoms with E-state index < -0.39 is 40.4 Å². The lowest BCUT2D eigenvalue weighted by Gasteiger charge is -2.13. The number of hydrogen-bond acceptors (Lipinski definition) is 2. The summed E-state index contributed by atoms with van der Waals surface area (Å²) in [7, 11) is 0. The van der Waals surface area contributed by atoms with Crippen molar-refractivity contribution in [2.45, 2.75) is 19.0 Å². The topological polar surface area (TPSA) is 66.4 Å². The van der Waals surface area contributed by atoms with Crippen molar-refractivity contribution in [3.63, 3.8) is 0 Å². The molecule has 0 aromatic heterocycles. The molecule has 4 nitrogen and oxygen atoms in total. The summed E-state index contributed by atoms with van der Waals surface area (Å²) in [6, 6.07) is 1.50. The largest absolute Gasteiger partial charge is 0.481 e. The maximum Gasteiger partial charge on any atom is 0.416 e. The highest BCUT2D eigenvalue weighted by Gasteiger charge is 2.50. The van der Waals surface area contributed by atoms with Gasteiger partial charge in [0.25, 0.3) is 5.91 Å². The first kappa shape index (κ1) is 15.3. The summed E-state index contributed by atoms with van der Waals surface area (Å²) in [6.07, 6.45) is -3.96. The summed E-state index contributed by atoms with van der Waals surface area (Å²) in [5.41, 5.74) is -2.98. The number of halogens is 4. The summed E-state index contributed by atoms with van der Waals surface area (Å²) in [4.78, 5) is 22.6. The quantitative estimate of drug-likeness (QED) is 0.840. The van der Waals surface area contributed by atoms with Crippen molar-refractivity contribution in [3.05, 3.63) is 35.1 Å². The van der Waals surface area contributed by atoms with Gasteiger partial charge in [-0.25, -0.2) is 4.39 Å². The number of carbonyl (C=O) groups excluding carboxylic acids is 1. The first-order chi connectivity index (χ1) is 9.66. The lowest BCUT2D eigenvalue weighted by Crippen LogP contribution is -2.34. The molecule has 8 heteroatoms. The van der Waals surface area contributed by atoms with Gasteiger partial charge in [-0.05, 0) is 31.0 Å². The number of alkyl halides is 3. The number of nitrogens with one attached hydrogen (secondary N) is 1. The first-order valence-electron chi connectivity index (χ1n) is 6.04. The molecule has 21 heavy (non-hydrogen) atoms. The van der Waals surface area contributed by atoms with Crippen LogP contribution in [-0.4, -0.2) is 23.5 Å². The molecule has 1 aliphatic rings. The number of rotatable bonds is 4. The first-order valence-corrected chi connectivity index (χ1v) is 6.04. The van der Waals surface area contributed by atoms with Gasteiger partial charge < -0.3 is 10.4 Å². The third-order valence-electron chi connectivity index (χ3n) is 3.43. The molecule has 0 atom stereocenters. The average molecular weight is 305 g/mol. The Morgan fingerprint density at radius 3 is 2.38 bits per heavy atom. The van der Waals surface area contributed by atoms with Crippen LogP contribution in [0.4, 0.5) is 17.6 Å². The van der Waals surface area contributed by atoms with Gasteiger partial charge in [-0.3, -0.25) is 9.59 Å². The van der Waals surface area contributed by atoms with Gasteiger partial charge >= 0.3 is 12.1 Å². The van der Waals surface area contributed by atoms with Gasteiger partial charge in [0, 0.05) is 6.54 Å². The fourth-order valence-electron chi connectivity index (χ4n) is 1.84. The van der Waals surface area contributed by atoms with E-state index in [9.17, 15) is 27.2 Å². The molecule has 0 unspecified atom stereocenters. The van der Waals surface area contributed by atoms with Crippen molar-refractivity contribution >= 4 is 11.9 Å². The molecule has 2 N–H and O–H groups in total. The highest BCUT2D eigenvalue weighted by atomic mass is 19.4. The SMILES string of the molecule is O=C(NCC1(C(=O)O)CC1)c1cc(C(F)(F)F)ccc1F. The lowest BCUT2D eigenvalue weighted by atomic mass is 10.1. The Balaban J connectivity index is 2.14. The smallest absolute Gasteiger partial charge is 0.416 e. The molecule has 1 saturated carbocycles. The Morgan fingerprint density at radius 2 is 1.90 bits per heavy atom. The molecule has 0 heterocycles. The number of benzene rings is 1. The molecule has 0 bridgehead atoms. The summed E-state index contributed by atoms with van der Waals surface area (Å²) in [6.45, 7) is -0.239. The van der Waals surface area contributed by atoms with E-state index in [1.807, 2.05) is 0 Å². The van der Waals surface area contributed by atoms with Crippen LogP contribution >= 0.6 is 0 Å². The van der Waals surface area contributed by atoms with Crippen LogP contribution in [0.5, 0.6) is 0 Å². The second kappa shape index (κ2) is 5.01. The van der Waals surface area contributed by atoms with Crippen molar-refractivity contribution in [3.8, 4) is 0 Å². The zero-order chi connectivity index (χ0) is 15.8. The van der Waals surface area contributed by atoms with E-state index in [1.165, 1.54) is 0 Å². The summed E-state index contributed by atoms with van der Waals surface area (Å²) < 4.78 is 51.0. The normalized spacial score (nSPS) is 16.4. The van der Waals surface area contributed by atoms with Crippen molar-refractivity contribution < 1.29 is 32.3 Å². The van der Waals surface area contributed by atoms with E-state index in [2.05, 4.69) is 5.32 Å². The highest BCUT2D eigenvalue weighted by molar-refractivity contribution is 5.95. The zero-order valence-corrected chi connectivity index (χ0v) is 10.6. The van der Waals surface area contributed by atoms with E-state index >= 15 is 0 Å². The Kier molecular flexibility index (Phi) is 3.65. The van der Waals surface area contributed by atoms with Gasteiger partial charge in [-0.15, -0.1) is 0 Å². The fourth-order valence-corrected chi connectivity index (χ4v) is 1.84. The number of amides is 1. The molecule has 0 aliphatic heterocycles. The Morgan fingerprint density at radius 1 is 1.29 bits per heavy atom. The molecule has 1 aromatic rings. The maximum absolute atomic E-state index is 13.5.